The Kier molecular flexibility index (Phi) is 2.39. The van der Waals surface area contributed by atoms with Crippen molar-refractivity contribution in [1.82, 2.24) is 0 Å². The van der Waals surface area contributed by atoms with Crippen molar-refractivity contribution in [2.24, 2.45) is 5.73 Å². The molecule has 0 atom stereocenters. The van der Waals surface area contributed by atoms with E-state index in [1.54, 1.807) is 12.1 Å². The van der Waals surface area contributed by atoms with Gasteiger partial charge in [0.15, 0.2) is 0 Å². The Morgan fingerprint density at radius 1 is 1.36 bits per heavy atom. The van der Waals surface area contributed by atoms with Crippen LogP contribution in [-0.4, -0.2) is 0 Å². The maximum absolute atomic E-state index is 5.67. The molecule has 58 valence electrons. The summed E-state index contributed by atoms with van der Waals surface area (Å²) in [4.78, 5) is 0. The van der Waals surface area contributed by atoms with E-state index >= 15 is 0 Å². The third-order valence-electron chi connectivity index (χ3n) is 1.15. The minimum atomic E-state index is 0.423. The summed E-state index contributed by atoms with van der Waals surface area (Å²) < 4.78 is 0. The summed E-state index contributed by atoms with van der Waals surface area (Å²) in [6.07, 6.45) is 0. The lowest BCUT2D eigenvalue weighted by atomic mass is 10.3. The quantitative estimate of drug-likeness (QED) is 0.711. The minimum absolute atomic E-state index is 0.423. The molecule has 3 N–H and O–H groups in total. The van der Waals surface area contributed by atoms with E-state index in [1.807, 2.05) is 12.1 Å². The molecule has 0 saturated heterocycles. The van der Waals surface area contributed by atoms with E-state index < -0.39 is 0 Å². The molecule has 0 unspecified atom stereocenters. The number of nitrogens with two attached hydrogens (primary N) is 1. The Labute approximate surface area is 70.7 Å². The zero-order valence-corrected chi connectivity index (χ0v) is 6.73. The molecule has 0 fully saturated rings. The second-order valence-corrected chi connectivity index (χ2v) is 2.59. The zero-order chi connectivity index (χ0) is 8.27. The van der Waals surface area contributed by atoms with Crippen LogP contribution in [0.25, 0.3) is 0 Å². The van der Waals surface area contributed by atoms with Crippen molar-refractivity contribution in [3.8, 4) is 0 Å². The highest BCUT2D eigenvalue weighted by Crippen LogP contribution is 2.13. The van der Waals surface area contributed by atoms with E-state index in [0.29, 0.717) is 10.8 Å². The van der Waals surface area contributed by atoms with Crippen molar-refractivity contribution in [3.63, 3.8) is 0 Å². The van der Waals surface area contributed by atoms with Gasteiger partial charge in [-0.1, -0.05) is 18.2 Å². The summed E-state index contributed by atoms with van der Waals surface area (Å²) in [5, 5.41) is 3.56. The van der Waals surface area contributed by atoms with Gasteiger partial charge < -0.3 is 11.1 Å². The average molecular weight is 169 g/mol. The number of hydrogen-bond donors (Lipinski definition) is 2. The third-order valence-corrected chi connectivity index (χ3v) is 1.40. The average Bonchev–Trinajstić information content (AvgIpc) is 1.93. The molecule has 0 bridgehead atoms. The fraction of sp³-hybridized carbons (Fsp3) is 0. The SMILES string of the molecule is C=C(N)Nc1ccc(Cl)cc1. The molecule has 1 aromatic carbocycles. The molecule has 0 spiro atoms. The maximum Gasteiger partial charge on any atom is 0.0930 e. The predicted octanol–water partition coefficient (Wildman–Crippen LogP) is 2.18. The minimum Gasteiger partial charge on any atom is -0.386 e. The van der Waals surface area contributed by atoms with Crippen LogP contribution in [0.15, 0.2) is 36.7 Å². The van der Waals surface area contributed by atoms with Gasteiger partial charge in [0, 0.05) is 10.7 Å². The summed E-state index contributed by atoms with van der Waals surface area (Å²) in [6.45, 7) is 3.51. The Hall–Kier alpha value is -1.15. The van der Waals surface area contributed by atoms with Gasteiger partial charge in [0.05, 0.1) is 5.82 Å². The fourth-order valence-corrected chi connectivity index (χ4v) is 0.845. The number of halogens is 1. The molecule has 0 radical (unpaired) electrons. The molecule has 0 aliphatic carbocycles. The Morgan fingerprint density at radius 3 is 2.36 bits per heavy atom. The fourth-order valence-electron chi connectivity index (χ4n) is 0.719. The molecule has 0 aliphatic rings. The summed E-state index contributed by atoms with van der Waals surface area (Å²) in [6, 6.07) is 7.24. The van der Waals surface area contributed by atoms with E-state index in [0.717, 1.165) is 5.69 Å². The molecule has 1 aromatic rings. The van der Waals surface area contributed by atoms with Gasteiger partial charge in [0.2, 0.25) is 0 Å². The van der Waals surface area contributed by atoms with Crippen LogP contribution in [0.3, 0.4) is 0 Å². The molecule has 0 aliphatic heterocycles. The van der Waals surface area contributed by atoms with Crippen LogP contribution in [0.2, 0.25) is 5.02 Å². The van der Waals surface area contributed by atoms with Crippen LogP contribution in [0.5, 0.6) is 0 Å². The van der Waals surface area contributed by atoms with Crippen LogP contribution in [-0.2, 0) is 0 Å². The van der Waals surface area contributed by atoms with E-state index in [1.165, 1.54) is 0 Å². The number of benzene rings is 1. The van der Waals surface area contributed by atoms with Gasteiger partial charge >= 0.3 is 0 Å². The smallest absolute Gasteiger partial charge is 0.0930 e. The lowest BCUT2D eigenvalue weighted by Crippen LogP contribution is -2.06. The molecule has 11 heavy (non-hydrogen) atoms. The molecule has 1 rings (SSSR count). The van der Waals surface area contributed by atoms with Crippen LogP contribution in [0.4, 0.5) is 5.69 Å². The Bertz CT molecular complexity index is 253. The Morgan fingerprint density at radius 2 is 1.91 bits per heavy atom. The van der Waals surface area contributed by atoms with Gasteiger partial charge in [-0.05, 0) is 24.3 Å². The summed E-state index contributed by atoms with van der Waals surface area (Å²) in [5.74, 6) is 0.423. The van der Waals surface area contributed by atoms with Gasteiger partial charge in [0.25, 0.3) is 0 Å². The zero-order valence-electron chi connectivity index (χ0n) is 5.97. The predicted molar refractivity (Wildman–Crippen MR) is 48.4 cm³/mol. The first-order valence-electron chi connectivity index (χ1n) is 3.15. The van der Waals surface area contributed by atoms with E-state index in [4.69, 9.17) is 17.3 Å². The van der Waals surface area contributed by atoms with Crippen molar-refractivity contribution in [2.45, 2.75) is 0 Å². The van der Waals surface area contributed by atoms with E-state index in [2.05, 4.69) is 11.9 Å². The van der Waals surface area contributed by atoms with E-state index in [-0.39, 0.29) is 0 Å². The first-order valence-corrected chi connectivity index (χ1v) is 3.53. The standard InChI is InChI=1S/C8H9ClN2/c1-6(10)11-8-4-2-7(9)3-5-8/h2-5,11H,1,10H2. The summed E-state index contributed by atoms with van der Waals surface area (Å²) in [5.41, 5.74) is 6.21. The number of anilines is 1. The third kappa shape index (κ3) is 2.51. The van der Waals surface area contributed by atoms with Gasteiger partial charge in [-0.3, -0.25) is 0 Å². The Balaban J connectivity index is 2.74. The molecule has 0 amide bonds. The second kappa shape index (κ2) is 3.30. The molecule has 0 heterocycles. The van der Waals surface area contributed by atoms with Crippen molar-refractivity contribution >= 4 is 17.3 Å². The van der Waals surface area contributed by atoms with Crippen LogP contribution >= 0.6 is 11.6 Å². The van der Waals surface area contributed by atoms with Crippen molar-refractivity contribution in [2.75, 3.05) is 5.32 Å². The maximum atomic E-state index is 5.67. The summed E-state index contributed by atoms with van der Waals surface area (Å²) >= 11 is 5.67. The number of rotatable bonds is 2. The number of nitrogens with one attached hydrogen (secondary N) is 1. The van der Waals surface area contributed by atoms with E-state index in [9.17, 15) is 0 Å². The first-order chi connectivity index (χ1) is 5.18. The molecule has 0 aromatic heterocycles. The van der Waals surface area contributed by atoms with Gasteiger partial charge in [-0.2, -0.15) is 0 Å². The molecular formula is C8H9ClN2. The highest BCUT2D eigenvalue weighted by Gasteiger charge is 1.90. The van der Waals surface area contributed by atoms with Crippen LogP contribution in [0.1, 0.15) is 0 Å². The molecule has 0 saturated carbocycles. The molecule has 2 nitrogen and oxygen atoms in total. The molecular weight excluding hydrogens is 160 g/mol. The highest BCUT2D eigenvalue weighted by atomic mass is 35.5. The second-order valence-electron chi connectivity index (χ2n) is 2.16. The van der Waals surface area contributed by atoms with Gasteiger partial charge in [-0.25, -0.2) is 0 Å². The number of hydrogen-bond acceptors (Lipinski definition) is 2. The van der Waals surface area contributed by atoms with Crippen LogP contribution in [0, 0.1) is 0 Å². The van der Waals surface area contributed by atoms with Crippen molar-refractivity contribution < 1.29 is 0 Å². The highest BCUT2D eigenvalue weighted by molar-refractivity contribution is 6.30. The first kappa shape index (κ1) is 7.95. The topological polar surface area (TPSA) is 38.0 Å². The normalized spacial score (nSPS) is 9.18. The lowest BCUT2D eigenvalue weighted by molar-refractivity contribution is 1.33. The van der Waals surface area contributed by atoms with Crippen molar-refractivity contribution in [3.05, 3.63) is 41.7 Å². The van der Waals surface area contributed by atoms with Crippen molar-refractivity contribution in [1.29, 1.82) is 0 Å². The van der Waals surface area contributed by atoms with Crippen LogP contribution < -0.4 is 11.1 Å². The van der Waals surface area contributed by atoms with Gasteiger partial charge in [0.1, 0.15) is 0 Å². The monoisotopic (exact) mass is 168 g/mol. The largest absolute Gasteiger partial charge is 0.386 e. The van der Waals surface area contributed by atoms with Gasteiger partial charge in [-0.15, -0.1) is 0 Å². The summed E-state index contributed by atoms with van der Waals surface area (Å²) in [7, 11) is 0. The molecule has 3 heteroatoms. The lowest BCUT2D eigenvalue weighted by Gasteiger charge is -2.03.